The number of esters is 1. The fourth-order valence-corrected chi connectivity index (χ4v) is 0.825. The summed E-state index contributed by atoms with van der Waals surface area (Å²) in [6, 6.07) is -0.396. The fraction of sp³-hybridized carbons (Fsp3) is 0.889. The highest BCUT2D eigenvalue weighted by Gasteiger charge is 2.16. The molecule has 0 bridgehead atoms. The smallest absolute Gasteiger partial charge is 0.325 e. The maximum absolute atomic E-state index is 11.2. The van der Waals surface area contributed by atoms with E-state index in [2.05, 4.69) is 5.48 Å². The molecule has 0 heterocycles. The van der Waals surface area contributed by atoms with E-state index in [-0.39, 0.29) is 5.97 Å². The van der Waals surface area contributed by atoms with Crippen LogP contribution in [0.2, 0.25) is 0 Å². The minimum Gasteiger partial charge on any atom is -0.465 e. The number of ether oxygens (including phenoxy) is 2. The molecule has 0 spiro atoms. The zero-order chi connectivity index (χ0) is 10.8. The first kappa shape index (κ1) is 13.4. The van der Waals surface area contributed by atoms with Crippen LogP contribution >= 0.6 is 0 Å². The van der Waals surface area contributed by atoms with Crippen molar-refractivity contribution in [1.82, 2.24) is 5.48 Å². The largest absolute Gasteiger partial charge is 0.465 e. The van der Waals surface area contributed by atoms with Gasteiger partial charge < -0.3 is 9.47 Å². The first-order chi connectivity index (χ1) is 6.76. The Morgan fingerprint density at radius 1 is 1.36 bits per heavy atom. The molecule has 0 radical (unpaired) electrons. The number of hydroxylamine groups is 1. The number of carbonyl (C=O) groups is 1. The minimum atomic E-state index is -0.396. The molecule has 0 aliphatic rings. The summed E-state index contributed by atoms with van der Waals surface area (Å²) in [7, 11) is 1.59. The number of nitrogens with one attached hydrogen (secondary N) is 1. The van der Waals surface area contributed by atoms with Crippen LogP contribution in [0.3, 0.4) is 0 Å². The van der Waals surface area contributed by atoms with Gasteiger partial charge in [-0.3, -0.25) is 9.63 Å². The SMILES string of the molecule is CCOC(=O)C(CC)NOCCOC. The van der Waals surface area contributed by atoms with Crippen LogP contribution in [0.15, 0.2) is 0 Å². The van der Waals surface area contributed by atoms with Gasteiger partial charge in [0, 0.05) is 7.11 Å². The van der Waals surface area contributed by atoms with Gasteiger partial charge >= 0.3 is 5.97 Å². The Morgan fingerprint density at radius 2 is 2.07 bits per heavy atom. The molecule has 14 heavy (non-hydrogen) atoms. The standard InChI is InChI=1S/C9H19NO4/c1-4-8(9(11)13-5-2)10-14-7-6-12-3/h8,10H,4-7H2,1-3H3. The zero-order valence-electron chi connectivity index (χ0n) is 9.04. The molecule has 5 nitrogen and oxygen atoms in total. The third-order valence-corrected chi connectivity index (χ3v) is 1.59. The highest BCUT2D eigenvalue weighted by molar-refractivity contribution is 5.75. The van der Waals surface area contributed by atoms with Crippen LogP contribution in [0.5, 0.6) is 0 Å². The van der Waals surface area contributed by atoms with E-state index in [0.717, 1.165) is 0 Å². The number of methoxy groups -OCH3 is 1. The Hall–Kier alpha value is -0.650. The fourth-order valence-electron chi connectivity index (χ4n) is 0.825. The summed E-state index contributed by atoms with van der Waals surface area (Å²) in [6.45, 7) is 4.94. The van der Waals surface area contributed by atoms with Crippen molar-refractivity contribution in [2.24, 2.45) is 0 Å². The molecule has 84 valence electrons. The Balaban J connectivity index is 3.62. The van der Waals surface area contributed by atoms with E-state index in [1.165, 1.54) is 0 Å². The summed E-state index contributed by atoms with van der Waals surface area (Å²) in [5.41, 5.74) is 2.63. The molecule has 0 fully saturated rings. The monoisotopic (exact) mass is 205 g/mol. The molecule has 0 aliphatic heterocycles. The lowest BCUT2D eigenvalue weighted by atomic mass is 10.2. The van der Waals surface area contributed by atoms with Crippen LogP contribution in [0.4, 0.5) is 0 Å². The molecule has 0 rings (SSSR count). The zero-order valence-corrected chi connectivity index (χ0v) is 9.04. The predicted molar refractivity (Wildman–Crippen MR) is 51.7 cm³/mol. The van der Waals surface area contributed by atoms with Gasteiger partial charge in [0.2, 0.25) is 0 Å². The molecule has 0 saturated heterocycles. The summed E-state index contributed by atoms with van der Waals surface area (Å²) in [5.74, 6) is -0.285. The average Bonchev–Trinajstić information content (AvgIpc) is 2.18. The van der Waals surface area contributed by atoms with Gasteiger partial charge in [0.25, 0.3) is 0 Å². The van der Waals surface area contributed by atoms with Crippen molar-refractivity contribution in [3.63, 3.8) is 0 Å². The lowest BCUT2D eigenvalue weighted by Crippen LogP contribution is -2.38. The summed E-state index contributed by atoms with van der Waals surface area (Å²) < 4.78 is 9.62. The molecule has 0 aliphatic carbocycles. The first-order valence-corrected chi connectivity index (χ1v) is 4.79. The second-order valence-electron chi connectivity index (χ2n) is 2.67. The second kappa shape index (κ2) is 8.93. The van der Waals surface area contributed by atoms with Crippen LogP contribution in [0, 0.1) is 0 Å². The lowest BCUT2D eigenvalue weighted by Gasteiger charge is -2.14. The molecule has 0 aromatic rings. The van der Waals surface area contributed by atoms with Gasteiger partial charge in [0.05, 0.1) is 19.8 Å². The van der Waals surface area contributed by atoms with Gasteiger partial charge in [0.15, 0.2) is 0 Å². The van der Waals surface area contributed by atoms with E-state index < -0.39 is 6.04 Å². The minimum absolute atomic E-state index is 0.285. The van der Waals surface area contributed by atoms with Crippen LogP contribution < -0.4 is 5.48 Å². The third kappa shape index (κ3) is 5.90. The van der Waals surface area contributed by atoms with Gasteiger partial charge in [0.1, 0.15) is 6.04 Å². The van der Waals surface area contributed by atoms with Crippen molar-refractivity contribution in [3.8, 4) is 0 Å². The number of hydrogen-bond donors (Lipinski definition) is 1. The van der Waals surface area contributed by atoms with Gasteiger partial charge in [-0.2, -0.15) is 5.48 Å². The van der Waals surface area contributed by atoms with E-state index in [9.17, 15) is 4.79 Å². The molecule has 5 heteroatoms. The van der Waals surface area contributed by atoms with E-state index >= 15 is 0 Å². The third-order valence-electron chi connectivity index (χ3n) is 1.59. The van der Waals surface area contributed by atoms with Crippen molar-refractivity contribution in [2.75, 3.05) is 26.9 Å². The van der Waals surface area contributed by atoms with Crippen LogP contribution in [0.25, 0.3) is 0 Å². The van der Waals surface area contributed by atoms with Gasteiger partial charge in [-0.15, -0.1) is 0 Å². The van der Waals surface area contributed by atoms with Crippen molar-refractivity contribution < 1.29 is 19.1 Å². The van der Waals surface area contributed by atoms with Gasteiger partial charge in [-0.05, 0) is 13.3 Å². The molecular weight excluding hydrogens is 186 g/mol. The Morgan fingerprint density at radius 3 is 2.57 bits per heavy atom. The number of carbonyl (C=O) groups excluding carboxylic acids is 1. The Labute approximate surface area is 84.7 Å². The molecule has 0 aromatic heterocycles. The quantitative estimate of drug-likeness (QED) is 0.355. The van der Waals surface area contributed by atoms with Crippen LogP contribution in [0.1, 0.15) is 20.3 Å². The van der Waals surface area contributed by atoms with E-state index in [4.69, 9.17) is 14.3 Å². The van der Waals surface area contributed by atoms with Crippen molar-refractivity contribution >= 4 is 5.97 Å². The summed E-state index contributed by atoms with van der Waals surface area (Å²) in [6.07, 6.45) is 0.631. The van der Waals surface area contributed by atoms with Crippen molar-refractivity contribution in [3.05, 3.63) is 0 Å². The van der Waals surface area contributed by atoms with Crippen molar-refractivity contribution in [2.45, 2.75) is 26.3 Å². The summed E-state index contributed by atoms with van der Waals surface area (Å²) >= 11 is 0. The topological polar surface area (TPSA) is 56.8 Å². The second-order valence-corrected chi connectivity index (χ2v) is 2.67. The molecule has 1 unspecified atom stereocenters. The van der Waals surface area contributed by atoms with E-state index in [1.54, 1.807) is 14.0 Å². The Bertz CT molecular complexity index is 152. The maximum Gasteiger partial charge on any atom is 0.325 e. The van der Waals surface area contributed by atoms with Gasteiger partial charge in [-0.25, -0.2) is 0 Å². The average molecular weight is 205 g/mol. The first-order valence-electron chi connectivity index (χ1n) is 4.79. The molecule has 1 N–H and O–H groups in total. The maximum atomic E-state index is 11.2. The lowest BCUT2D eigenvalue weighted by molar-refractivity contribution is -0.150. The molecule has 0 amide bonds. The van der Waals surface area contributed by atoms with Gasteiger partial charge in [-0.1, -0.05) is 6.92 Å². The van der Waals surface area contributed by atoms with E-state index in [1.807, 2.05) is 6.92 Å². The van der Waals surface area contributed by atoms with Crippen LogP contribution in [-0.4, -0.2) is 38.9 Å². The molecule has 0 aromatic carbocycles. The normalized spacial score (nSPS) is 12.5. The van der Waals surface area contributed by atoms with E-state index in [0.29, 0.717) is 26.2 Å². The highest BCUT2D eigenvalue weighted by Crippen LogP contribution is 1.94. The predicted octanol–water partition coefficient (Wildman–Crippen LogP) is 0.496. The number of hydrogen-bond acceptors (Lipinski definition) is 5. The summed E-state index contributed by atoms with van der Waals surface area (Å²) in [4.78, 5) is 16.3. The molecule has 0 saturated carbocycles. The number of rotatable bonds is 8. The van der Waals surface area contributed by atoms with Crippen LogP contribution in [-0.2, 0) is 19.1 Å². The Kier molecular flexibility index (Phi) is 8.51. The molecule has 1 atom stereocenters. The molecular formula is C9H19NO4. The summed E-state index contributed by atoms with van der Waals surface area (Å²) in [5, 5.41) is 0. The van der Waals surface area contributed by atoms with Crippen molar-refractivity contribution in [1.29, 1.82) is 0 Å². The highest BCUT2D eigenvalue weighted by atomic mass is 16.7.